The van der Waals surface area contributed by atoms with Gasteiger partial charge in [0, 0.05) is 15.5 Å². The first-order chi connectivity index (χ1) is 9.01. The second kappa shape index (κ2) is 6.58. The van der Waals surface area contributed by atoms with Gasteiger partial charge in [-0.15, -0.1) is 11.3 Å². The number of hydrogen-bond acceptors (Lipinski definition) is 3. The van der Waals surface area contributed by atoms with Crippen LogP contribution in [0.1, 0.15) is 17.7 Å². The van der Waals surface area contributed by atoms with E-state index in [-0.39, 0.29) is 11.3 Å². The molecule has 1 aromatic rings. The summed E-state index contributed by atoms with van der Waals surface area (Å²) in [6.07, 6.45) is 2.87. The highest BCUT2D eigenvalue weighted by molar-refractivity contribution is 9.09. The third kappa shape index (κ3) is 3.83. The fraction of sp³-hybridized carbons (Fsp3) is 0.692. The molecule has 19 heavy (non-hydrogen) atoms. The third-order valence-corrected chi connectivity index (χ3v) is 9.02. The molecule has 0 aromatic carbocycles. The third-order valence-electron chi connectivity index (χ3n) is 4.08. The van der Waals surface area contributed by atoms with Crippen molar-refractivity contribution in [2.45, 2.75) is 19.3 Å². The van der Waals surface area contributed by atoms with E-state index in [2.05, 4.69) is 49.4 Å². The highest BCUT2D eigenvalue weighted by Gasteiger charge is 2.43. The molecule has 0 radical (unpaired) electrons. The zero-order chi connectivity index (χ0) is 13.9. The molecule has 0 N–H and O–H groups in total. The van der Waals surface area contributed by atoms with Gasteiger partial charge in [0.05, 0.1) is 11.5 Å². The fourth-order valence-electron chi connectivity index (χ4n) is 2.70. The number of hydrogen-bond donors (Lipinski definition) is 0. The molecule has 2 heterocycles. The number of alkyl halides is 2. The maximum Gasteiger partial charge on any atom is 0.150 e. The Labute approximate surface area is 136 Å². The molecule has 0 spiro atoms. The summed E-state index contributed by atoms with van der Waals surface area (Å²) in [5.41, 5.74) is 0.0492. The summed E-state index contributed by atoms with van der Waals surface area (Å²) >= 11 is 9.03. The van der Waals surface area contributed by atoms with E-state index in [1.165, 1.54) is 4.88 Å². The Balaban J connectivity index is 2.09. The Morgan fingerprint density at radius 1 is 1.37 bits per heavy atom. The molecule has 2 nitrogen and oxygen atoms in total. The van der Waals surface area contributed by atoms with Crippen LogP contribution in [0.4, 0.5) is 0 Å². The zero-order valence-electron chi connectivity index (χ0n) is 10.6. The summed E-state index contributed by atoms with van der Waals surface area (Å²) < 4.78 is 23.4. The normalized spacial score (nSPS) is 22.7. The van der Waals surface area contributed by atoms with Gasteiger partial charge in [0.2, 0.25) is 0 Å². The quantitative estimate of drug-likeness (QED) is 0.642. The lowest BCUT2D eigenvalue weighted by Gasteiger charge is -2.35. The molecule has 108 valence electrons. The molecule has 0 amide bonds. The molecule has 0 aliphatic carbocycles. The lowest BCUT2D eigenvalue weighted by molar-refractivity contribution is 0.236. The summed E-state index contributed by atoms with van der Waals surface area (Å²) in [5.74, 6) is 0.990. The Morgan fingerprint density at radius 2 is 2.11 bits per heavy atom. The predicted molar refractivity (Wildman–Crippen MR) is 89.4 cm³/mol. The maximum atomic E-state index is 11.7. The topological polar surface area (TPSA) is 34.1 Å². The standard InChI is InChI=1S/C13H18Br2O2S2/c14-9-13(10-15,5-3-12-2-1-6-18-12)11-4-7-19(16,17)8-11/h1-2,6,11H,3-5,7-10H2. The molecule has 1 aliphatic rings. The van der Waals surface area contributed by atoms with Gasteiger partial charge in [0.15, 0.2) is 9.84 Å². The average Bonchev–Trinajstić information content (AvgIpc) is 3.01. The molecule has 2 rings (SSSR count). The van der Waals surface area contributed by atoms with E-state index in [0.717, 1.165) is 29.9 Å². The Kier molecular flexibility index (Phi) is 5.54. The zero-order valence-corrected chi connectivity index (χ0v) is 15.5. The van der Waals surface area contributed by atoms with Crippen molar-refractivity contribution in [1.82, 2.24) is 0 Å². The van der Waals surface area contributed by atoms with Crippen molar-refractivity contribution in [1.29, 1.82) is 0 Å². The van der Waals surface area contributed by atoms with Crippen LogP contribution in [0, 0.1) is 11.3 Å². The smallest absolute Gasteiger partial charge is 0.150 e. The van der Waals surface area contributed by atoms with Crippen LogP contribution in [-0.2, 0) is 16.3 Å². The van der Waals surface area contributed by atoms with Crippen LogP contribution >= 0.6 is 43.2 Å². The van der Waals surface area contributed by atoms with Crippen molar-refractivity contribution in [3.05, 3.63) is 22.4 Å². The minimum atomic E-state index is -2.81. The summed E-state index contributed by atoms with van der Waals surface area (Å²) in [6, 6.07) is 4.23. The number of thiophene rings is 1. The lowest BCUT2D eigenvalue weighted by Crippen LogP contribution is -2.35. The highest BCUT2D eigenvalue weighted by Crippen LogP contribution is 2.42. The van der Waals surface area contributed by atoms with E-state index in [9.17, 15) is 8.42 Å². The first-order valence-corrected chi connectivity index (χ1v) is 11.3. The van der Waals surface area contributed by atoms with Crippen LogP contribution < -0.4 is 0 Å². The van der Waals surface area contributed by atoms with E-state index in [1.807, 2.05) is 0 Å². The number of halogens is 2. The van der Waals surface area contributed by atoms with Gasteiger partial charge in [-0.1, -0.05) is 37.9 Å². The molecule has 0 saturated carbocycles. The molecule has 1 aromatic heterocycles. The molecular weight excluding hydrogens is 412 g/mol. The van der Waals surface area contributed by atoms with Crippen molar-refractivity contribution < 1.29 is 8.42 Å². The number of rotatable bonds is 6. The van der Waals surface area contributed by atoms with Crippen molar-refractivity contribution in [2.75, 3.05) is 22.2 Å². The Morgan fingerprint density at radius 3 is 2.58 bits per heavy atom. The molecule has 1 saturated heterocycles. The molecular formula is C13H18Br2O2S2. The Hall–Kier alpha value is 0.610. The van der Waals surface area contributed by atoms with Gasteiger partial charge in [-0.3, -0.25) is 0 Å². The van der Waals surface area contributed by atoms with Gasteiger partial charge in [-0.25, -0.2) is 8.42 Å². The first kappa shape index (κ1) is 16.0. The van der Waals surface area contributed by atoms with Crippen LogP contribution in [0.5, 0.6) is 0 Å². The van der Waals surface area contributed by atoms with Crippen molar-refractivity contribution in [3.8, 4) is 0 Å². The second-order valence-corrected chi connectivity index (χ2v) is 9.69. The van der Waals surface area contributed by atoms with Crippen LogP contribution in [0.15, 0.2) is 17.5 Å². The van der Waals surface area contributed by atoms with E-state index < -0.39 is 9.84 Å². The van der Waals surface area contributed by atoms with E-state index in [0.29, 0.717) is 11.5 Å². The molecule has 1 fully saturated rings. The maximum absolute atomic E-state index is 11.7. The summed E-state index contributed by atoms with van der Waals surface area (Å²) in [4.78, 5) is 1.38. The Bertz CT molecular complexity index is 493. The number of sulfone groups is 1. The summed E-state index contributed by atoms with van der Waals surface area (Å²) in [6.45, 7) is 0. The summed E-state index contributed by atoms with van der Waals surface area (Å²) in [5, 5.41) is 3.81. The van der Waals surface area contributed by atoms with Crippen LogP contribution in [0.2, 0.25) is 0 Å². The van der Waals surface area contributed by atoms with Gasteiger partial charge in [0.25, 0.3) is 0 Å². The molecule has 1 unspecified atom stereocenters. The van der Waals surface area contributed by atoms with Crippen LogP contribution in [0.3, 0.4) is 0 Å². The van der Waals surface area contributed by atoms with E-state index in [4.69, 9.17) is 0 Å². The van der Waals surface area contributed by atoms with Gasteiger partial charge < -0.3 is 0 Å². The van der Waals surface area contributed by atoms with Crippen LogP contribution in [-0.4, -0.2) is 30.6 Å². The van der Waals surface area contributed by atoms with Crippen molar-refractivity contribution >= 4 is 53.0 Å². The molecule has 1 aliphatic heterocycles. The van der Waals surface area contributed by atoms with Gasteiger partial charge in [0.1, 0.15) is 0 Å². The van der Waals surface area contributed by atoms with Crippen LogP contribution in [0.25, 0.3) is 0 Å². The SMILES string of the molecule is O=S1(=O)CCC(C(CBr)(CBr)CCc2cccs2)C1. The second-order valence-electron chi connectivity index (χ2n) is 5.31. The first-order valence-electron chi connectivity index (χ1n) is 6.36. The minimum Gasteiger partial charge on any atom is -0.229 e. The number of aryl methyl sites for hydroxylation is 1. The lowest BCUT2D eigenvalue weighted by atomic mass is 9.75. The summed E-state index contributed by atoms with van der Waals surface area (Å²) in [7, 11) is -2.81. The van der Waals surface area contributed by atoms with Crippen molar-refractivity contribution in [2.24, 2.45) is 11.3 Å². The monoisotopic (exact) mass is 428 g/mol. The van der Waals surface area contributed by atoms with Gasteiger partial charge in [-0.05, 0) is 42.0 Å². The molecule has 6 heteroatoms. The van der Waals surface area contributed by atoms with Gasteiger partial charge >= 0.3 is 0 Å². The average molecular weight is 430 g/mol. The highest BCUT2D eigenvalue weighted by atomic mass is 79.9. The largest absolute Gasteiger partial charge is 0.229 e. The fourth-order valence-corrected chi connectivity index (χ4v) is 7.75. The van der Waals surface area contributed by atoms with E-state index >= 15 is 0 Å². The van der Waals surface area contributed by atoms with E-state index in [1.54, 1.807) is 11.3 Å². The van der Waals surface area contributed by atoms with Crippen molar-refractivity contribution in [3.63, 3.8) is 0 Å². The molecule has 0 bridgehead atoms. The minimum absolute atomic E-state index is 0.0492. The molecule has 1 atom stereocenters. The predicted octanol–water partition coefficient (Wildman–Crippen LogP) is 3.89. The van der Waals surface area contributed by atoms with Gasteiger partial charge in [-0.2, -0.15) is 0 Å².